The van der Waals surface area contributed by atoms with Crippen molar-refractivity contribution >= 4 is 45.0 Å². The average Bonchev–Trinajstić information content (AvgIpc) is 2.06. The molecule has 0 heterocycles. The van der Waals surface area contributed by atoms with Gasteiger partial charge in [-0.05, 0) is 22.7 Å². The molecule has 1 aromatic carbocycles. The van der Waals surface area contributed by atoms with Crippen LogP contribution in [0.4, 0.5) is 5.69 Å². The number of hydrogen-bond donors (Lipinski definition) is 1. The zero-order chi connectivity index (χ0) is 9.84. The average molecular weight is 279 g/mol. The highest BCUT2D eigenvalue weighted by atomic mass is 79.9. The van der Waals surface area contributed by atoms with Gasteiger partial charge in [-0.15, -0.1) is 11.8 Å². The highest BCUT2D eigenvalue weighted by Crippen LogP contribution is 2.29. The van der Waals surface area contributed by atoms with Crippen LogP contribution >= 0.6 is 39.3 Å². The molecule has 0 radical (unpaired) electrons. The number of halogens is 2. The molecule has 0 aliphatic carbocycles. The largest absolute Gasteiger partial charge is 0.398 e. The molecular weight excluding hydrogens is 270 g/mol. The molecule has 2 N–H and O–H groups in total. The van der Waals surface area contributed by atoms with Crippen LogP contribution in [0.2, 0.25) is 5.02 Å². The third-order valence-corrected chi connectivity index (χ3v) is 3.40. The van der Waals surface area contributed by atoms with Gasteiger partial charge in [0.15, 0.2) is 0 Å². The Morgan fingerprint density at radius 2 is 2.31 bits per heavy atom. The molecule has 0 spiro atoms. The van der Waals surface area contributed by atoms with E-state index in [-0.39, 0.29) is 0 Å². The fourth-order valence-electron chi connectivity index (χ4n) is 0.789. The van der Waals surface area contributed by atoms with Gasteiger partial charge in [0.25, 0.3) is 0 Å². The van der Waals surface area contributed by atoms with Gasteiger partial charge >= 0.3 is 0 Å². The first-order chi connectivity index (χ1) is 6.09. The Morgan fingerprint density at radius 3 is 2.92 bits per heavy atom. The zero-order valence-corrected chi connectivity index (χ0v) is 10.0. The number of benzene rings is 1. The maximum absolute atomic E-state index is 5.83. The highest BCUT2D eigenvalue weighted by molar-refractivity contribution is 9.11. The summed E-state index contributed by atoms with van der Waals surface area (Å²) < 4.78 is 0.942. The van der Waals surface area contributed by atoms with E-state index in [1.807, 2.05) is 12.1 Å². The molecule has 0 amide bonds. The van der Waals surface area contributed by atoms with E-state index in [0.29, 0.717) is 5.02 Å². The maximum Gasteiger partial charge on any atom is 0.0453 e. The Kier molecular flexibility index (Phi) is 4.16. The van der Waals surface area contributed by atoms with Gasteiger partial charge in [-0.3, -0.25) is 0 Å². The molecule has 0 aliphatic heterocycles. The van der Waals surface area contributed by atoms with Gasteiger partial charge in [0.1, 0.15) is 0 Å². The summed E-state index contributed by atoms with van der Waals surface area (Å²) >= 11 is 10.7. The standard InChI is InChI=1S/C9H9BrClNS/c1-6(10)5-13-9-4-7(11)2-3-8(9)12/h2-4H,1,5,12H2. The van der Waals surface area contributed by atoms with Gasteiger partial charge in [0, 0.05) is 21.4 Å². The van der Waals surface area contributed by atoms with E-state index in [1.54, 1.807) is 17.8 Å². The minimum atomic E-state index is 0.705. The summed E-state index contributed by atoms with van der Waals surface area (Å²) in [7, 11) is 0. The number of anilines is 1. The van der Waals surface area contributed by atoms with Gasteiger partial charge in [-0.2, -0.15) is 0 Å². The van der Waals surface area contributed by atoms with Gasteiger partial charge in [-0.25, -0.2) is 0 Å². The number of rotatable bonds is 3. The van der Waals surface area contributed by atoms with Gasteiger partial charge < -0.3 is 5.73 Å². The highest BCUT2D eigenvalue weighted by Gasteiger charge is 2.00. The van der Waals surface area contributed by atoms with E-state index in [0.717, 1.165) is 20.8 Å². The predicted molar refractivity (Wildman–Crippen MR) is 64.7 cm³/mol. The molecule has 1 rings (SSSR count). The predicted octanol–water partition coefficient (Wildman–Crippen LogP) is 3.92. The van der Waals surface area contributed by atoms with Gasteiger partial charge in [0.05, 0.1) is 0 Å². The molecule has 0 atom stereocenters. The number of nitrogen functional groups attached to an aromatic ring is 1. The smallest absolute Gasteiger partial charge is 0.0453 e. The first-order valence-electron chi connectivity index (χ1n) is 3.60. The van der Waals surface area contributed by atoms with Crippen molar-refractivity contribution in [2.24, 2.45) is 0 Å². The van der Waals surface area contributed by atoms with Crippen molar-refractivity contribution in [3.05, 3.63) is 34.3 Å². The Hall–Kier alpha value is -0.120. The molecule has 13 heavy (non-hydrogen) atoms. The van der Waals surface area contributed by atoms with Crippen molar-refractivity contribution in [1.82, 2.24) is 0 Å². The summed E-state index contributed by atoms with van der Waals surface area (Å²) in [6.07, 6.45) is 0. The Balaban J connectivity index is 2.75. The fourth-order valence-corrected chi connectivity index (χ4v) is 2.13. The minimum absolute atomic E-state index is 0.705. The van der Waals surface area contributed by atoms with Crippen LogP contribution in [0.15, 0.2) is 34.2 Å². The second kappa shape index (κ2) is 4.94. The van der Waals surface area contributed by atoms with Crippen LogP contribution in [0, 0.1) is 0 Å². The molecule has 0 aromatic heterocycles. The monoisotopic (exact) mass is 277 g/mol. The lowest BCUT2D eigenvalue weighted by molar-refractivity contribution is 1.46. The molecule has 0 fully saturated rings. The lowest BCUT2D eigenvalue weighted by Gasteiger charge is -2.04. The van der Waals surface area contributed by atoms with Crippen molar-refractivity contribution in [3.63, 3.8) is 0 Å². The van der Waals surface area contributed by atoms with E-state index in [1.165, 1.54) is 0 Å². The summed E-state index contributed by atoms with van der Waals surface area (Å²) in [6.45, 7) is 3.74. The van der Waals surface area contributed by atoms with Crippen LogP contribution in [-0.4, -0.2) is 5.75 Å². The number of nitrogens with two attached hydrogens (primary N) is 1. The Labute approximate surface area is 95.5 Å². The van der Waals surface area contributed by atoms with Crippen LogP contribution < -0.4 is 5.73 Å². The first kappa shape index (κ1) is 11.0. The summed E-state index contributed by atoms with van der Waals surface area (Å²) in [4.78, 5) is 0.994. The van der Waals surface area contributed by atoms with Crippen LogP contribution in [0.25, 0.3) is 0 Å². The van der Waals surface area contributed by atoms with Crippen LogP contribution in [0.5, 0.6) is 0 Å². The fraction of sp³-hybridized carbons (Fsp3) is 0.111. The molecule has 0 saturated heterocycles. The third-order valence-electron chi connectivity index (χ3n) is 1.36. The van der Waals surface area contributed by atoms with E-state index in [4.69, 9.17) is 17.3 Å². The minimum Gasteiger partial charge on any atom is -0.398 e. The topological polar surface area (TPSA) is 26.0 Å². The molecule has 0 aliphatic rings. The van der Waals surface area contributed by atoms with Crippen molar-refractivity contribution in [2.45, 2.75) is 4.90 Å². The molecule has 4 heteroatoms. The second-order valence-electron chi connectivity index (χ2n) is 2.49. The van der Waals surface area contributed by atoms with E-state index in [9.17, 15) is 0 Å². The normalized spacial score (nSPS) is 10.0. The molecule has 1 nitrogen and oxygen atoms in total. The quantitative estimate of drug-likeness (QED) is 0.670. The van der Waals surface area contributed by atoms with Crippen LogP contribution in [0.1, 0.15) is 0 Å². The Morgan fingerprint density at radius 1 is 1.62 bits per heavy atom. The summed E-state index contributed by atoms with van der Waals surface area (Å²) in [6, 6.07) is 5.45. The molecule has 0 unspecified atom stereocenters. The summed E-state index contributed by atoms with van der Waals surface area (Å²) in [5, 5.41) is 0.705. The SMILES string of the molecule is C=C(Br)CSc1cc(Cl)ccc1N. The lowest BCUT2D eigenvalue weighted by atomic mass is 10.3. The number of hydrogen-bond acceptors (Lipinski definition) is 2. The first-order valence-corrected chi connectivity index (χ1v) is 5.76. The molecule has 0 bridgehead atoms. The zero-order valence-electron chi connectivity index (χ0n) is 6.89. The molecular formula is C9H9BrClNS. The van der Waals surface area contributed by atoms with Crippen LogP contribution in [-0.2, 0) is 0 Å². The molecule has 1 aromatic rings. The Bertz CT molecular complexity index is 327. The molecule has 70 valence electrons. The van der Waals surface area contributed by atoms with E-state index >= 15 is 0 Å². The van der Waals surface area contributed by atoms with E-state index < -0.39 is 0 Å². The van der Waals surface area contributed by atoms with Crippen molar-refractivity contribution in [2.75, 3.05) is 11.5 Å². The van der Waals surface area contributed by atoms with Crippen molar-refractivity contribution in [1.29, 1.82) is 0 Å². The third kappa shape index (κ3) is 3.63. The van der Waals surface area contributed by atoms with Crippen LogP contribution in [0.3, 0.4) is 0 Å². The lowest BCUT2D eigenvalue weighted by Crippen LogP contribution is -1.88. The summed E-state index contributed by atoms with van der Waals surface area (Å²) in [5.41, 5.74) is 6.50. The maximum atomic E-state index is 5.83. The van der Waals surface area contributed by atoms with E-state index in [2.05, 4.69) is 22.5 Å². The second-order valence-corrected chi connectivity index (χ2v) is 5.06. The van der Waals surface area contributed by atoms with Gasteiger partial charge in [0.2, 0.25) is 0 Å². The van der Waals surface area contributed by atoms with Crippen molar-refractivity contribution < 1.29 is 0 Å². The van der Waals surface area contributed by atoms with Crippen molar-refractivity contribution in [3.8, 4) is 0 Å². The number of thioether (sulfide) groups is 1. The molecule has 0 saturated carbocycles. The van der Waals surface area contributed by atoms with Gasteiger partial charge in [-0.1, -0.05) is 34.1 Å². The summed E-state index contributed by atoms with van der Waals surface area (Å²) in [5.74, 6) is 0.796.